The topological polar surface area (TPSA) is 76.8 Å². The Morgan fingerprint density at radius 1 is 1.19 bits per heavy atom. The van der Waals surface area contributed by atoms with E-state index in [9.17, 15) is 9.90 Å². The average molecular weight is 359 g/mol. The van der Waals surface area contributed by atoms with E-state index >= 15 is 0 Å². The Bertz CT molecular complexity index is 844. The summed E-state index contributed by atoms with van der Waals surface area (Å²) in [5.74, 6) is 0.510. The molecule has 1 atom stereocenters. The Kier molecular flexibility index (Phi) is 4.91. The zero-order valence-corrected chi connectivity index (χ0v) is 15.9. The molecule has 0 radical (unpaired) electrons. The summed E-state index contributed by atoms with van der Waals surface area (Å²) < 4.78 is 12.5. The molecule has 7 heteroatoms. The number of carboxylic acid groups (broad SMARTS) is 1. The number of aryl methyl sites for hydroxylation is 2. The predicted octanol–water partition coefficient (Wildman–Crippen LogP) is 2.24. The van der Waals surface area contributed by atoms with E-state index in [1.54, 1.807) is 18.9 Å². The van der Waals surface area contributed by atoms with Gasteiger partial charge in [-0.05, 0) is 43.5 Å². The van der Waals surface area contributed by atoms with E-state index in [1.807, 2.05) is 37.9 Å². The minimum Gasteiger partial charge on any atom is -0.493 e. The van der Waals surface area contributed by atoms with Crippen molar-refractivity contribution in [2.45, 2.75) is 32.9 Å². The van der Waals surface area contributed by atoms with Crippen LogP contribution >= 0.6 is 0 Å². The summed E-state index contributed by atoms with van der Waals surface area (Å²) in [6, 6.07) is 3.22. The second kappa shape index (κ2) is 6.99. The lowest BCUT2D eigenvalue weighted by Crippen LogP contribution is -2.38. The van der Waals surface area contributed by atoms with Crippen LogP contribution in [0.25, 0.3) is 0 Å². The molecular formula is C19H25N3O4. The molecule has 0 fully saturated rings. The highest BCUT2D eigenvalue weighted by Crippen LogP contribution is 2.36. The number of hydrogen-bond donors (Lipinski definition) is 1. The second-order valence-electron chi connectivity index (χ2n) is 6.65. The number of carbonyl (C=O) groups is 1. The maximum Gasteiger partial charge on any atom is 0.325 e. The largest absolute Gasteiger partial charge is 0.493 e. The molecule has 0 amide bonds. The molecule has 140 valence electrons. The van der Waals surface area contributed by atoms with E-state index in [1.165, 1.54) is 5.56 Å². The van der Waals surface area contributed by atoms with Crippen molar-refractivity contribution in [3.63, 3.8) is 0 Å². The van der Waals surface area contributed by atoms with Crippen LogP contribution in [0.5, 0.6) is 11.5 Å². The van der Waals surface area contributed by atoms with Crippen LogP contribution in [0.2, 0.25) is 0 Å². The van der Waals surface area contributed by atoms with Gasteiger partial charge in [-0.1, -0.05) is 0 Å². The molecule has 3 rings (SSSR count). The van der Waals surface area contributed by atoms with Crippen molar-refractivity contribution in [2.75, 3.05) is 20.8 Å². The van der Waals surface area contributed by atoms with Crippen LogP contribution < -0.4 is 9.47 Å². The number of carboxylic acids is 1. The Morgan fingerprint density at radius 3 is 2.31 bits per heavy atom. The van der Waals surface area contributed by atoms with Crippen LogP contribution in [0.15, 0.2) is 12.1 Å². The highest BCUT2D eigenvalue weighted by atomic mass is 16.5. The minimum atomic E-state index is -0.854. The van der Waals surface area contributed by atoms with Gasteiger partial charge < -0.3 is 14.6 Å². The number of ether oxygens (including phenoxy) is 2. The smallest absolute Gasteiger partial charge is 0.325 e. The number of benzene rings is 1. The Labute approximate surface area is 153 Å². The van der Waals surface area contributed by atoms with Gasteiger partial charge in [0, 0.05) is 31.4 Å². The highest BCUT2D eigenvalue weighted by Gasteiger charge is 2.34. The molecule has 1 aliphatic heterocycles. The molecule has 0 bridgehead atoms. The molecule has 2 heterocycles. The fraction of sp³-hybridized carbons (Fsp3) is 0.474. The molecular weight excluding hydrogens is 334 g/mol. The summed E-state index contributed by atoms with van der Waals surface area (Å²) in [5, 5.41) is 14.3. The number of methoxy groups -OCH3 is 2. The minimum absolute atomic E-state index is 0.542. The second-order valence-corrected chi connectivity index (χ2v) is 6.65. The molecule has 0 aliphatic carbocycles. The third-order valence-electron chi connectivity index (χ3n) is 5.19. The predicted molar refractivity (Wildman–Crippen MR) is 96.7 cm³/mol. The molecule has 0 saturated carbocycles. The lowest BCUT2D eigenvalue weighted by Gasteiger charge is -2.34. The lowest BCUT2D eigenvalue weighted by molar-refractivity contribution is -0.144. The molecule has 1 aromatic carbocycles. The van der Waals surface area contributed by atoms with Gasteiger partial charge in [0.15, 0.2) is 11.5 Å². The highest BCUT2D eigenvalue weighted by molar-refractivity contribution is 5.76. The summed E-state index contributed by atoms with van der Waals surface area (Å²) in [5.41, 5.74) is 4.66. The van der Waals surface area contributed by atoms with E-state index in [0.717, 1.165) is 28.9 Å². The SMILES string of the molecule is COc1cc2c(cc1OC)CN([C@H](C(=O)O)c1c(C)nn(C)c1C)CC2. The Hall–Kier alpha value is -2.54. The number of hydrogen-bond acceptors (Lipinski definition) is 5. The van der Waals surface area contributed by atoms with E-state index < -0.39 is 12.0 Å². The first-order chi connectivity index (χ1) is 12.4. The van der Waals surface area contributed by atoms with Gasteiger partial charge in [0.1, 0.15) is 6.04 Å². The fourth-order valence-corrected chi connectivity index (χ4v) is 3.77. The van der Waals surface area contributed by atoms with Gasteiger partial charge in [0.2, 0.25) is 0 Å². The first-order valence-electron chi connectivity index (χ1n) is 8.58. The van der Waals surface area contributed by atoms with Crippen molar-refractivity contribution in [3.8, 4) is 11.5 Å². The van der Waals surface area contributed by atoms with Crippen molar-refractivity contribution in [2.24, 2.45) is 7.05 Å². The summed E-state index contributed by atoms with van der Waals surface area (Å²) >= 11 is 0. The number of fused-ring (bicyclic) bond motifs is 1. The molecule has 26 heavy (non-hydrogen) atoms. The molecule has 0 unspecified atom stereocenters. The van der Waals surface area contributed by atoms with Crippen LogP contribution in [0, 0.1) is 13.8 Å². The number of aliphatic carboxylic acids is 1. The van der Waals surface area contributed by atoms with Crippen molar-refractivity contribution in [1.29, 1.82) is 0 Å². The van der Waals surface area contributed by atoms with Gasteiger partial charge in [0.05, 0.1) is 19.9 Å². The van der Waals surface area contributed by atoms with Gasteiger partial charge in [-0.3, -0.25) is 14.4 Å². The zero-order valence-electron chi connectivity index (χ0n) is 15.9. The molecule has 7 nitrogen and oxygen atoms in total. The summed E-state index contributed by atoms with van der Waals surface area (Å²) in [4.78, 5) is 14.1. The standard InChI is InChI=1S/C19H25N3O4/c1-11-17(12(2)21(3)20-11)18(19(23)24)22-7-6-13-8-15(25-4)16(26-5)9-14(13)10-22/h8-9,18H,6-7,10H2,1-5H3,(H,23,24)/t18-/m0/s1. The van der Waals surface area contributed by atoms with Gasteiger partial charge in [-0.2, -0.15) is 5.10 Å². The number of aromatic nitrogens is 2. The van der Waals surface area contributed by atoms with Gasteiger partial charge in [-0.25, -0.2) is 0 Å². The summed E-state index contributed by atoms with van der Waals surface area (Å²) in [7, 11) is 5.06. The van der Waals surface area contributed by atoms with Gasteiger partial charge in [0.25, 0.3) is 0 Å². The maximum absolute atomic E-state index is 12.1. The summed E-state index contributed by atoms with van der Waals surface area (Å²) in [6.45, 7) is 4.98. The fourth-order valence-electron chi connectivity index (χ4n) is 3.77. The van der Waals surface area contributed by atoms with Gasteiger partial charge >= 0.3 is 5.97 Å². The van der Waals surface area contributed by atoms with Crippen LogP contribution in [-0.4, -0.2) is 46.5 Å². The maximum atomic E-state index is 12.1. The Morgan fingerprint density at radius 2 is 1.81 bits per heavy atom. The van der Waals surface area contributed by atoms with Crippen LogP contribution in [0.3, 0.4) is 0 Å². The van der Waals surface area contributed by atoms with E-state index in [2.05, 4.69) is 5.10 Å². The van der Waals surface area contributed by atoms with E-state index in [4.69, 9.17) is 9.47 Å². The third-order valence-corrected chi connectivity index (χ3v) is 5.19. The normalized spacial score (nSPS) is 15.4. The molecule has 0 saturated heterocycles. The van der Waals surface area contributed by atoms with Crippen molar-refractivity contribution < 1.29 is 19.4 Å². The van der Waals surface area contributed by atoms with E-state index in [-0.39, 0.29) is 0 Å². The lowest BCUT2D eigenvalue weighted by atomic mass is 9.95. The quantitative estimate of drug-likeness (QED) is 0.882. The average Bonchev–Trinajstić information content (AvgIpc) is 2.86. The first kappa shape index (κ1) is 18.3. The molecule has 0 spiro atoms. The van der Waals surface area contributed by atoms with Crippen molar-refractivity contribution in [3.05, 3.63) is 40.2 Å². The molecule has 1 aromatic heterocycles. The third kappa shape index (κ3) is 3.03. The van der Waals surface area contributed by atoms with E-state index in [0.29, 0.717) is 24.6 Å². The monoisotopic (exact) mass is 359 g/mol. The first-order valence-corrected chi connectivity index (χ1v) is 8.58. The number of nitrogens with zero attached hydrogens (tertiary/aromatic N) is 3. The van der Waals surface area contributed by atoms with Crippen molar-refractivity contribution >= 4 is 5.97 Å². The zero-order chi connectivity index (χ0) is 19.0. The number of rotatable bonds is 5. The Balaban J connectivity index is 1.98. The van der Waals surface area contributed by atoms with Crippen molar-refractivity contribution in [1.82, 2.24) is 14.7 Å². The van der Waals surface area contributed by atoms with Crippen LogP contribution in [0.1, 0.15) is 34.1 Å². The van der Waals surface area contributed by atoms with Crippen LogP contribution in [0.4, 0.5) is 0 Å². The summed E-state index contributed by atoms with van der Waals surface area (Å²) in [6.07, 6.45) is 0.762. The molecule has 1 N–H and O–H groups in total. The molecule has 2 aromatic rings. The van der Waals surface area contributed by atoms with Crippen LogP contribution in [-0.2, 0) is 24.8 Å². The van der Waals surface area contributed by atoms with Gasteiger partial charge in [-0.15, -0.1) is 0 Å². The molecule has 1 aliphatic rings.